The van der Waals surface area contributed by atoms with Crippen LogP contribution in [0.1, 0.15) is 11.1 Å². The number of nitrogens with two attached hydrogens (primary N) is 1. The van der Waals surface area contributed by atoms with E-state index < -0.39 is 22.5 Å². The minimum absolute atomic E-state index is 0.0127. The Hall–Kier alpha value is -2.58. The molecule has 134 valence electrons. The first-order chi connectivity index (χ1) is 11.8. The van der Waals surface area contributed by atoms with Crippen molar-refractivity contribution in [2.45, 2.75) is 18.7 Å². The number of amides is 1. The molecule has 7 nitrogen and oxygen atoms in total. The lowest BCUT2D eigenvalue weighted by Crippen LogP contribution is -2.43. The molecular weight excluding hydrogens is 342 g/mol. The molecule has 0 saturated carbocycles. The van der Waals surface area contributed by atoms with Gasteiger partial charge in [0.2, 0.25) is 0 Å². The molecule has 0 radical (unpaired) electrons. The van der Waals surface area contributed by atoms with Crippen molar-refractivity contribution in [3.8, 4) is 5.75 Å². The molecule has 0 aliphatic rings. The second kappa shape index (κ2) is 7.54. The van der Waals surface area contributed by atoms with Gasteiger partial charge in [-0.2, -0.15) is 0 Å². The molecule has 1 amide bonds. The molecule has 3 N–H and O–H groups in total. The zero-order valence-electron chi connectivity index (χ0n) is 14.3. The van der Waals surface area contributed by atoms with Crippen LogP contribution >= 0.6 is 0 Å². The molecule has 2 aromatic rings. The molecule has 0 spiro atoms. The molecule has 0 unspecified atom stereocenters. The number of ether oxygens (including phenoxy) is 1. The number of rotatable bonds is 6. The quantitative estimate of drug-likeness (QED) is 0.460. The lowest BCUT2D eigenvalue weighted by Gasteiger charge is -2.25. The summed E-state index contributed by atoms with van der Waals surface area (Å²) in [5, 5.41) is 0. The van der Waals surface area contributed by atoms with Gasteiger partial charge in [0.05, 0.1) is 12.8 Å². The first-order valence-corrected chi connectivity index (χ1v) is 8.97. The summed E-state index contributed by atoms with van der Waals surface area (Å²) in [5.41, 5.74) is 3.95. The van der Waals surface area contributed by atoms with E-state index in [1.165, 1.54) is 13.2 Å². The summed E-state index contributed by atoms with van der Waals surface area (Å²) < 4.78 is 32.7. The van der Waals surface area contributed by atoms with Gasteiger partial charge in [-0.05, 0) is 49.2 Å². The molecule has 2 rings (SSSR count). The summed E-state index contributed by atoms with van der Waals surface area (Å²) in [6, 6.07) is 11.7. The third-order valence-corrected chi connectivity index (χ3v) is 5.42. The van der Waals surface area contributed by atoms with Crippen molar-refractivity contribution in [2.75, 3.05) is 18.0 Å². The fraction of sp³-hybridized carbons (Fsp3) is 0.235. The van der Waals surface area contributed by atoms with Gasteiger partial charge in [0.25, 0.3) is 15.9 Å². The van der Waals surface area contributed by atoms with Crippen LogP contribution in [0.5, 0.6) is 5.75 Å². The number of aryl methyl sites for hydroxylation is 2. The van der Waals surface area contributed by atoms with Crippen molar-refractivity contribution < 1.29 is 17.9 Å². The largest absolute Gasteiger partial charge is 0.495 e. The maximum atomic E-state index is 13.3. The standard InChI is InChI=1S/C17H21N3O4S/c1-12-5-4-6-14(9-12)20(11-17(21)19-18)25(22,23)16-10-13(2)7-8-15(16)24-3/h4-10H,11,18H2,1-3H3,(H,19,21). The molecule has 0 aromatic heterocycles. The van der Waals surface area contributed by atoms with Crippen LogP contribution in [0.15, 0.2) is 47.4 Å². The van der Waals surface area contributed by atoms with Crippen LogP contribution in [0, 0.1) is 13.8 Å². The monoisotopic (exact) mass is 363 g/mol. The number of methoxy groups -OCH3 is 1. The van der Waals surface area contributed by atoms with Gasteiger partial charge in [-0.1, -0.05) is 18.2 Å². The van der Waals surface area contributed by atoms with Crippen molar-refractivity contribution in [1.82, 2.24) is 5.43 Å². The lowest BCUT2D eigenvalue weighted by atomic mass is 10.2. The Morgan fingerprint density at radius 3 is 2.44 bits per heavy atom. The summed E-state index contributed by atoms with van der Waals surface area (Å²) in [6.07, 6.45) is 0. The second-order valence-corrected chi connectivity index (χ2v) is 7.40. The van der Waals surface area contributed by atoms with Crippen LogP contribution in [0.4, 0.5) is 5.69 Å². The van der Waals surface area contributed by atoms with E-state index in [-0.39, 0.29) is 10.6 Å². The number of anilines is 1. The number of hydrogen-bond acceptors (Lipinski definition) is 5. The number of benzene rings is 2. The SMILES string of the molecule is COc1ccc(C)cc1S(=O)(=O)N(CC(=O)NN)c1cccc(C)c1. The Labute approximate surface area is 147 Å². The van der Waals surface area contributed by atoms with E-state index in [4.69, 9.17) is 10.6 Å². The number of carbonyl (C=O) groups is 1. The number of nitrogens with zero attached hydrogens (tertiary/aromatic N) is 1. The molecule has 2 aromatic carbocycles. The van der Waals surface area contributed by atoms with Gasteiger partial charge < -0.3 is 4.74 Å². The predicted molar refractivity (Wildman–Crippen MR) is 95.8 cm³/mol. The molecule has 0 atom stereocenters. The molecular formula is C17H21N3O4S. The van der Waals surface area contributed by atoms with Gasteiger partial charge in [-0.25, -0.2) is 14.3 Å². The lowest BCUT2D eigenvalue weighted by molar-refractivity contribution is -0.119. The Morgan fingerprint density at radius 2 is 1.84 bits per heavy atom. The number of nitrogens with one attached hydrogen (secondary N) is 1. The van der Waals surface area contributed by atoms with E-state index in [1.54, 1.807) is 37.3 Å². The van der Waals surface area contributed by atoms with Crippen LogP contribution in [0.3, 0.4) is 0 Å². The number of hydrogen-bond donors (Lipinski definition) is 2. The Bertz CT molecular complexity index is 881. The van der Waals surface area contributed by atoms with E-state index in [0.717, 1.165) is 15.4 Å². The highest BCUT2D eigenvalue weighted by Crippen LogP contribution is 2.31. The van der Waals surface area contributed by atoms with Gasteiger partial charge in [0.15, 0.2) is 0 Å². The zero-order valence-corrected chi connectivity index (χ0v) is 15.1. The average Bonchev–Trinajstić information content (AvgIpc) is 2.59. The number of carbonyl (C=O) groups excluding carboxylic acids is 1. The molecule has 0 heterocycles. The van der Waals surface area contributed by atoms with Crippen molar-refractivity contribution in [1.29, 1.82) is 0 Å². The first-order valence-electron chi connectivity index (χ1n) is 7.53. The van der Waals surface area contributed by atoms with E-state index in [0.29, 0.717) is 5.69 Å². The van der Waals surface area contributed by atoms with Gasteiger partial charge >= 0.3 is 0 Å². The van der Waals surface area contributed by atoms with Crippen LogP contribution in [0.25, 0.3) is 0 Å². The van der Waals surface area contributed by atoms with Crippen LogP contribution in [-0.2, 0) is 14.8 Å². The highest BCUT2D eigenvalue weighted by atomic mass is 32.2. The molecule has 0 fully saturated rings. The van der Waals surface area contributed by atoms with E-state index in [9.17, 15) is 13.2 Å². The molecule has 0 aliphatic heterocycles. The number of sulfonamides is 1. The first kappa shape index (κ1) is 18.8. The predicted octanol–water partition coefficient (Wildman–Crippen LogP) is 1.50. The third kappa shape index (κ3) is 4.09. The van der Waals surface area contributed by atoms with Crippen molar-refractivity contribution in [3.63, 3.8) is 0 Å². The van der Waals surface area contributed by atoms with Crippen LogP contribution in [0.2, 0.25) is 0 Å². The summed E-state index contributed by atoms with van der Waals surface area (Å²) in [5.74, 6) is 4.72. The minimum Gasteiger partial charge on any atom is -0.495 e. The van der Waals surface area contributed by atoms with Crippen molar-refractivity contribution in [3.05, 3.63) is 53.6 Å². The molecule has 8 heteroatoms. The third-order valence-electron chi connectivity index (χ3n) is 3.63. The summed E-state index contributed by atoms with van der Waals surface area (Å²) >= 11 is 0. The Morgan fingerprint density at radius 1 is 1.16 bits per heavy atom. The van der Waals surface area contributed by atoms with E-state index >= 15 is 0 Å². The Kier molecular flexibility index (Phi) is 5.66. The Balaban J connectivity index is 2.63. The van der Waals surface area contributed by atoms with Crippen molar-refractivity contribution in [2.24, 2.45) is 5.84 Å². The fourth-order valence-electron chi connectivity index (χ4n) is 2.38. The summed E-state index contributed by atoms with van der Waals surface area (Å²) in [6.45, 7) is 3.17. The second-order valence-electron chi connectivity index (χ2n) is 5.57. The summed E-state index contributed by atoms with van der Waals surface area (Å²) in [4.78, 5) is 11.8. The molecule has 25 heavy (non-hydrogen) atoms. The fourth-order valence-corrected chi connectivity index (χ4v) is 4.03. The highest BCUT2D eigenvalue weighted by Gasteiger charge is 2.30. The average molecular weight is 363 g/mol. The maximum Gasteiger partial charge on any atom is 0.268 e. The van der Waals surface area contributed by atoms with E-state index in [1.807, 2.05) is 18.4 Å². The summed E-state index contributed by atoms with van der Waals surface area (Å²) in [7, 11) is -2.65. The van der Waals surface area contributed by atoms with Gasteiger partial charge in [-0.3, -0.25) is 14.5 Å². The van der Waals surface area contributed by atoms with Gasteiger partial charge in [-0.15, -0.1) is 0 Å². The topological polar surface area (TPSA) is 102 Å². The van der Waals surface area contributed by atoms with Crippen molar-refractivity contribution >= 4 is 21.6 Å². The van der Waals surface area contributed by atoms with Gasteiger partial charge in [0.1, 0.15) is 17.2 Å². The molecule has 0 bridgehead atoms. The molecule has 0 saturated heterocycles. The van der Waals surface area contributed by atoms with Crippen LogP contribution < -0.4 is 20.3 Å². The maximum absolute atomic E-state index is 13.3. The van der Waals surface area contributed by atoms with E-state index in [2.05, 4.69) is 0 Å². The zero-order chi connectivity index (χ0) is 18.6. The minimum atomic E-state index is -4.05. The normalized spacial score (nSPS) is 11.0. The van der Waals surface area contributed by atoms with Crippen LogP contribution in [-0.4, -0.2) is 28.0 Å². The molecule has 0 aliphatic carbocycles. The number of hydrazine groups is 1. The highest BCUT2D eigenvalue weighted by molar-refractivity contribution is 7.93. The smallest absolute Gasteiger partial charge is 0.268 e. The van der Waals surface area contributed by atoms with Gasteiger partial charge in [0, 0.05) is 0 Å².